The molecule has 1 amide bonds. The van der Waals surface area contributed by atoms with Crippen molar-refractivity contribution < 1.29 is 4.79 Å². The van der Waals surface area contributed by atoms with Crippen LogP contribution < -0.4 is 15.5 Å². The highest BCUT2D eigenvalue weighted by atomic mass is 16.1. The van der Waals surface area contributed by atoms with Crippen molar-refractivity contribution >= 4 is 11.7 Å². The predicted octanol–water partition coefficient (Wildman–Crippen LogP) is 1.01. The monoisotopic (exact) mass is 264 g/mol. The van der Waals surface area contributed by atoms with E-state index in [0.717, 1.165) is 24.5 Å². The van der Waals surface area contributed by atoms with Crippen LogP contribution in [0.2, 0.25) is 0 Å². The predicted molar refractivity (Wildman–Crippen MR) is 78.1 cm³/mol. The molecular weight excluding hydrogens is 240 g/mol. The number of likely N-dealkylation sites (N-methyl/N-ethyl adjacent to an activating group) is 2. The van der Waals surface area contributed by atoms with Gasteiger partial charge in [-0.15, -0.1) is 0 Å². The third kappa shape index (κ3) is 5.26. The molecule has 19 heavy (non-hydrogen) atoms. The first-order valence-corrected chi connectivity index (χ1v) is 6.61. The summed E-state index contributed by atoms with van der Waals surface area (Å²) >= 11 is 0. The lowest BCUT2D eigenvalue weighted by molar-refractivity contribution is -0.119. The SMILES string of the molecule is CNC(=O)CN(C)c1ncccc1CNCC(C)C. The van der Waals surface area contributed by atoms with Gasteiger partial charge in [-0.1, -0.05) is 19.9 Å². The fourth-order valence-corrected chi connectivity index (χ4v) is 1.78. The largest absolute Gasteiger partial charge is 0.358 e. The summed E-state index contributed by atoms with van der Waals surface area (Å²) < 4.78 is 0. The molecule has 1 rings (SSSR count). The molecule has 0 spiro atoms. The smallest absolute Gasteiger partial charge is 0.239 e. The summed E-state index contributed by atoms with van der Waals surface area (Å²) in [5.41, 5.74) is 1.11. The molecule has 106 valence electrons. The van der Waals surface area contributed by atoms with Crippen LogP contribution in [0.25, 0.3) is 0 Å². The van der Waals surface area contributed by atoms with E-state index in [9.17, 15) is 4.79 Å². The molecule has 0 aliphatic heterocycles. The van der Waals surface area contributed by atoms with E-state index in [1.807, 2.05) is 24.1 Å². The molecule has 0 radical (unpaired) electrons. The molecule has 0 fully saturated rings. The van der Waals surface area contributed by atoms with Gasteiger partial charge in [-0.3, -0.25) is 4.79 Å². The standard InChI is InChI=1S/C14H24N4O/c1-11(2)8-16-9-12-6-5-7-17-14(12)18(4)10-13(19)15-3/h5-7,11,16H,8-10H2,1-4H3,(H,15,19). The van der Waals surface area contributed by atoms with Gasteiger partial charge in [0.2, 0.25) is 5.91 Å². The van der Waals surface area contributed by atoms with Crippen LogP contribution in [0.4, 0.5) is 5.82 Å². The maximum Gasteiger partial charge on any atom is 0.239 e. The van der Waals surface area contributed by atoms with Crippen LogP contribution in [0.15, 0.2) is 18.3 Å². The van der Waals surface area contributed by atoms with Gasteiger partial charge in [-0.25, -0.2) is 4.98 Å². The molecule has 5 nitrogen and oxygen atoms in total. The topological polar surface area (TPSA) is 57.3 Å². The minimum Gasteiger partial charge on any atom is -0.358 e. The Kier molecular flexibility index (Phi) is 6.29. The van der Waals surface area contributed by atoms with Crippen LogP contribution >= 0.6 is 0 Å². The van der Waals surface area contributed by atoms with Crippen molar-refractivity contribution in [3.8, 4) is 0 Å². The molecule has 0 atom stereocenters. The third-order valence-electron chi connectivity index (χ3n) is 2.76. The zero-order valence-corrected chi connectivity index (χ0v) is 12.2. The number of nitrogens with zero attached hydrogens (tertiary/aromatic N) is 2. The fourth-order valence-electron chi connectivity index (χ4n) is 1.78. The van der Waals surface area contributed by atoms with Crippen LogP contribution in [-0.2, 0) is 11.3 Å². The maximum absolute atomic E-state index is 11.4. The van der Waals surface area contributed by atoms with E-state index in [2.05, 4.69) is 29.5 Å². The quantitative estimate of drug-likeness (QED) is 0.772. The Morgan fingerprint density at radius 2 is 2.21 bits per heavy atom. The molecule has 2 N–H and O–H groups in total. The molecule has 5 heteroatoms. The lowest BCUT2D eigenvalue weighted by atomic mass is 10.2. The summed E-state index contributed by atoms with van der Waals surface area (Å²) in [6.45, 7) is 6.39. The van der Waals surface area contributed by atoms with E-state index in [1.165, 1.54) is 0 Å². The molecule has 0 aliphatic carbocycles. The second kappa shape index (κ2) is 7.74. The van der Waals surface area contributed by atoms with Crippen LogP contribution in [0.1, 0.15) is 19.4 Å². The number of carbonyl (C=O) groups is 1. The fraction of sp³-hybridized carbons (Fsp3) is 0.571. The van der Waals surface area contributed by atoms with Crippen molar-refractivity contribution in [3.63, 3.8) is 0 Å². The van der Waals surface area contributed by atoms with Gasteiger partial charge in [-0.2, -0.15) is 0 Å². The molecule has 1 aromatic heterocycles. The van der Waals surface area contributed by atoms with Crippen molar-refractivity contribution in [2.75, 3.05) is 32.1 Å². The van der Waals surface area contributed by atoms with Crippen molar-refractivity contribution in [2.24, 2.45) is 5.92 Å². The summed E-state index contributed by atoms with van der Waals surface area (Å²) in [5, 5.41) is 6.02. The average molecular weight is 264 g/mol. The third-order valence-corrected chi connectivity index (χ3v) is 2.76. The first-order chi connectivity index (χ1) is 9.04. The number of amides is 1. The number of nitrogens with one attached hydrogen (secondary N) is 2. The number of hydrogen-bond donors (Lipinski definition) is 2. The molecule has 0 saturated carbocycles. The van der Waals surface area contributed by atoms with E-state index in [0.29, 0.717) is 12.5 Å². The Morgan fingerprint density at radius 1 is 1.47 bits per heavy atom. The molecule has 1 heterocycles. The van der Waals surface area contributed by atoms with Gasteiger partial charge < -0.3 is 15.5 Å². The Balaban J connectivity index is 2.69. The first kappa shape index (κ1) is 15.4. The number of aromatic nitrogens is 1. The Hall–Kier alpha value is -1.62. The van der Waals surface area contributed by atoms with Gasteiger partial charge in [-0.05, 0) is 18.5 Å². The normalized spacial score (nSPS) is 10.6. The molecule has 0 unspecified atom stereocenters. The summed E-state index contributed by atoms with van der Waals surface area (Å²) in [6, 6.07) is 3.96. The molecule has 0 saturated heterocycles. The maximum atomic E-state index is 11.4. The molecular formula is C14H24N4O. The van der Waals surface area contributed by atoms with E-state index < -0.39 is 0 Å². The molecule has 0 aromatic carbocycles. The van der Waals surface area contributed by atoms with Crippen molar-refractivity contribution in [3.05, 3.63) is 23.9 Å². The number of pyridine rings is 1. The highest BCUT2D eigenvalue weighted by molar-refractivity contribution is 5.80. The van der Waals surface area contributed by atoms with E-state index in [1.54, 1.807) is 13.2 Å². The van der Waals surface area contributed by atoms with Crippen LogP contribution in [-0.4, -0.2) is 38.1 Å². The van der Waals surface area contributed by atoms with Crippen molar-refractivity contribution in [1.29, 1.82) is 0 Å². The van der Waals surface area contributed by atoms with Gasteiger partial charge in [0.25, 0.3) is 0 Å². The average Bonchev–Trinajstić information content (AvgIpc) is 2.38. The Labute approximate surface area is 115 Å². The highest BCUT2D eigenvalue weighted by Crippen LogP contribution is 2.15. The van der Waals surface area contributed by atoms with Crippen LogP contribution in [0.3, 0.4) is 0 Å². The Morgan fingerprint density at radius 3 is 2.84 bits per heavy atom. The van der Waals surface area contributed by atoms with E-state index in [-0.39, 0.29) is 5.91 Å². The number of anilines is 1. The highest BCUT2D eigenvalue weighted by Gasteiger charge is 2.11. The number of hydrogen-bond acceptors (Lipinski definition) is 4. The second-order valence-electron chi connectivity index (χ2n) is 5.04. The van der Waals surface area contributed by atoms with Gasteiger partial charge in [0, 0.05) is 32.4 Å². The van der Waals surface area contributed by atoms with Crippen LogP contribution in [0, 0.1) is 5.92 Å². The zero-order chi connectivity index (χ0) is 14.3. The number of carbonyl (C=O) groups excluding carboxylic acids is 1. The van der Waals surface area contributed by atoms with Crippen molar-refractivity contribution in [1.82, 2.24) is 15.6 Å². The van der Waals surface area contributed by atoms with Crippen molar-refractivity contribution in [2.45, 2.75) is 20.4 Å². The van der Waals surface area contributed by atoms with E-state index >= 15 is 0 Å². The zero-order valence-electron chi connectivity index (χ0n) is 12.2. The first-order valence-electron chi connectivity index (χ1n) is 6.61. The number of rotatable bonds is 7. The minimum absolute atomic E-state index is 0.0192. The van der Waals surface area contributed by atoms with Gasteiger partial charge in [0.05, 0.1) is 6.54 Å². The minimum atomic E-state index is -0.0192. The van der Waals surface area contributed by atoms with Gasteiger partial charge >= 0.3 is 0 Å². The molecule has 0 aliphatic rings. The van der Waals surface area contributed by atoms with Gasteiger partial charge in [0.1, 0.15) is 5.82 Å². The Bertz CT molecular complexity index is 406. The van der Waals surface area contributed by atoms with Gasteiger partial charge in [0.15, 0.2) is 0 Å². The molecule has 0 bridgehead atoms. The summed E-state index contributed by atoms with van der Waals surface area (Å²) in [6.07, 6.45) is 1.75. The summed E-state index contributed by atoms with van der Waals surface area (Å²) in [7, 11) is 3.52. The van der Waals surface area contributed by atoms with Crippen LogP contribution in [0.5, 0.6) is 0 Å². The van der Waals surface area contributed by atoms with E-state index in [4.69, 9.17) is 0 Å². The molecule has 1 aromatic rings. The summed E-state index contributed by atoms with van der Waals surface area (Å²) in [5.74, 6) is 1.44. The lowest BCUT2D eigenvalue weighted by Crippen LogP contribution is -2.34. The summed E-state index contributed by atoms with van der Waals surface area (Å²) in [4.78, 5) is 17.6. The second-order valence-corrected chi connectivity index (χ2v) is 5.04. The lowest BCUT2D eigenvalue weighted by Gasteiger charge is -2.20.